The summed E-state index contributed by atoms with van der Waals surface area (Å²) in [5.74, 6) is 0.874. The van der Waals surface area contributed by atoms with Gasteiger partial charge >= 0.3 is 0 Å². The molecule has 0 saturated heterocycles. The third-order valence-corrected chi connectivity index (χ3v) is 3.82. The molecule has 0 amide bonds. The molecule has 0 atom stereocenters. The van der Waals surface area contributed by atoms with Crippen molar-refractivity contribution in [1.82, 2.24) is 5.16 Å². The van der Waals surface area contributed by atoms with Gasteiger partial charge < -0.3 is 5.21 Å². The van der Waals surface area contributed by atoms with E-state index in [1.807, 2.05) is 30.3 Å². The minimum absolute atomic E-state index is 0.172. The number of aromatic nitrogens is 2. The van der Waals surface area contributed by atoms with Gasteiger partial charge in [0, 0.05) is 11.3 Å². The van der Waals surface area contributed by atoms with Crippen LogP contribution in [0.3, 0.4) is 0 Å². The first-order valence-corrected chi connectivity index (χ1v) is 6.74. The minimum atomic E-state index is 0.172. The zero-order valence-electron chi connectivity index (χ0n) is 10.7. The Bertz CT molecular complexity index is 518. The normalized spacial score (nSPS) is 11.7. The van der Waals surface area contributed by atoms with Gasteiger partial charge in [0.05, 0.1) is 5.16 Å². The monoisotopic (exact) mass is 264 g/mol. The maximum absolute atomic E-state index is 11.6. The van der Waals surface area contributed by atoms with E-state index in [9.17, 15) is 5.21 Å². The van der Waals surface area contributed by atoms with Gasteiger partial charge in [-0.2, -0.15) is 0 Å². The number of hydrogen-bond acceptors (Lipinski definition) is 4. The summed E-state index contributed by atoms with van der Waals surface area (Å²) in [7, 11) is 0. The summed E-state index contributed by atoms with van der Waals surface area (Å²) in [6.45, 7) is 6.44. The highest BCUT2D eigenvalue weighted by Crippen LogP contribution is 2.31. The molecule has 1 aromatic carbocycles. The van der Waals surface area contributed by atoms with Crippen molar-refractivity contribution in [2.24, 2.45) is 5.41 Å². The molecule has 2 aromatic rings. The van der Waals surface area contributed by atoms with E-state index < -0.39 is 0 Å². The van der Waals surface area contributed by atoms with Gasteiger partial charge in [0.2, 0.25) is 5.69 Å². The zero-order chi connectivity index (χ0) is 13.2. The van der Waals surface area contributed by atoms with Crippen molar-refractivity contribution >= 4 is 11.8 Å². The summed E-state index contributed by atoms with van der Waals surface area (Å²) in [5, 5.41) is 16.1. The summed E-state index contributed by atoms with van der Waals surface area (Å²) in [6.07, 6.45) is 0. The smallest absolute Gasteiger partial charge is 0.282 e. The summed E-state index contributed by atoms with van der Waals surface area (Å²) in [6, 6.07) is 9.44. The van der Waals surface area contributed by atoms with E-state index in [4.69, 9.17) is 4.63 Å². The Morgan fingerprint density at radius 3 is 2.56 bits per heavy atom. The quantitative estimate of drug-likeness (QED) is 0.631. The molecular weight excluding hydrogens is 248 g/mol. The van der Waals surface area contributed by atoms with Crippen LogP contribution in [0.25, 0.3) is 11.3 Å². The molecule has 0 aliphatic rings. The van der Waals surface area contributed by atoms with E-state index in [-0.39, 0.29) is 5.41 Å². The Balaban J connectivity index is 2.28. The second-order valence-corrected chi connectivity index (χ2v) is 6.26. The Labute approximate surface area is 111 Å². The highest BCUT2D eigenvalue weighted by Gasteiger charge is 2.23. The Kier molecular flexibility index (Phi) is 3.61. The van der Waals surface area contributed by atoms with Crippen LogP contribution in [0, 0.1) is 10.6 Å². The molecular formula is C13H16N2O2S. The summed E-state index contributed by atoms with van der Waals surface area (Å²) >= 11 is 1.54. The lowest BCUT2D eigenvalue weighted by Crippen LogP contribution is -2.25. The number of nitrogens with zero attached hydrogens (tertiary/aromatic N) is 2. The molecule has 0 aliphatic carbocycles. The van der Waals surface area contributed by atoms with Crippen LogP contribution < -0.4 is 4.90 Å². The highest BCUT2D eigenvalue weighted by molar-refractivity contribution is 7.99. The van der Waals surface area contributed by atoms with Crippen LogP contribution in [0.15, 0.2) is 40.0 Å². The van der Waals surface area contributed by atoms with Crippen molar-refractivity contribution in [2.75, 3.05) is 5.75 Å². The van der Waals surface area contributed by atoms with E-state index >= 15 is 0 Å². The van der Waals surface area contributed by atoms with E-state index in [0.29, 0.717) is 15.6 Å². The minimum Gasteiger partial charge on any atom is -0.359 e. The SMILES string of the molecule is CC(C)(C)CSc1no[n+]([O-])c1-c1ccccc1. The van der Waals surface area contributed by atoms with Gasteiger partial charge in [0.1, 0.15) is 0 Å². The van der Waals surface area contributed by atoms with Crippen molar-refractivity contribution in [3.05, 3.63) is 35.5 Å². The van der Waals surface area contributed by atoms with Gasteiger partial charge in [-0.05, 0) is 10.3 Å². The number of benzene rings is 1. The second kappa shape index (κ2) is 5.02. The molecule has 96 valence electrons. The maximum Gasteiger partial charge on any atom is 0.282 e. The fraction of sp³-hybridized carbons (Fsp3) is 0.385. The van der Waals surface area contributed by atoms with Crippen LogP contribution in [0.5, 0.6) is 0 Å². The molecule has 1 aromatic heterocycles. The number of hydrogen-bond donors (Lipinski definition) is 0. The molecule has 5 heteroatoms. The van der Waals surface area contributed by atoms with Gasteiger partial charge in [0.25, 0.3) is 5.03 Å². The van der Waals surface area contributed by atoms with Gasteiger partial charge in [-0.25, -0.2) is 0 Å². The topological polar surface area (TPSA) is 53.0 Å². The van der Waals surface area contributed by atoms with E-state index in [1.165, 1.54) is 0 Å². The summed E-state index contributed by atoms with van der Waals surface area (Å²) in [4.78, 5) is 0.473. The largest absolute Gasteiger partial charge is 0.359 e. The molecule has 2 rings (SSSR count). The fourth-order valence-electron chi connectivity index (χ4n) is 1.44. The first-order chi connectivity index (χ1) is 8.47. The first-order valence-electron chi connectivity index (χ1n) is 5.75. The van der Waals surface area contributed by atoms with Gasteiger partial charge in [-0.15, -0.1) is 0 Å². The van der Waals surface area contributed by atoms with E-state index in [1.54, 1.807) is 11.8 Å². The van der Waals surface area contributed by atoms with E-state index in [0.717, 1.165) is 11.3 Å². The summed E-state index contributed by atoms with van der Waals surface area (Å²) < 4.78 is 4.71. The van der Waals surface area contributed by atoms with Crippen molar-refractivity contribution in [2.45, 2.75) is 25.8 Å². The highest BCUT2D eigenvalue weighted by atomic mass is 32.2. The molecule has 18 heavy (non-hydrogen) atoms. The molecule has 1 heterocycles. The molecule has 0 fully saturated rings. The van der Waals surface area contributed by atoms with Crippen LogP contribution in [0.2, 0.25) is 0 Å². The lowest BCUT2D eigenvalue weighted by Gasteiger charge is -2.15. The van der Waals surface area contributed by atoms with Crippen molar-refractivity contribution in [1.29, 1.82) is 0 Å². The average molecular weight is 264 g/mol. The molecule has 4 nitrogen and oxygen atoms in total. The third-order valence-electron chi connectivity index (χ3n) is 2.27. The Morgan fingerprint density at radius 1 is 1.28 bits per heavy atom. The third kappa shape index (κ3) is 3.04. The predicted octanol–water partition coefficient (Wildman–Crippen LogP) is 3.11. The predicted molar refractivity (Wildman–Crippen MR) is 71.1 cm³/mol. The molecule has 0 saturated carbocycles. The van der Waals surface area contributed by atoms with Crippen LogP contribution in [0.1, 0.15) is 20.8 Å². The number of thioether (sulfide) groups is 1. The molecule has 0 unspecified atom stereocenters. The fourth-order valence-corrected chi connectivity index (χ4v) is 2.43. The Hall–Kier alpha value is -1.49. The lowest BCUT2D eigenvalue weighted by atomic mass is 10.0. The number of rotatable bonds is 3. The molecule has 0 aliphatic heterocycles. The Morgan fingerprint density at radius 2 is 1.94 bits per heavy atom. The van der Waals surface area contributed by atoms with Crippen molar-refractivity contribution < 1.29 is 9.53 Å². The maximum atomic E-state index is 11.6. The van der Waals surface area contributed by atoms with Gasteiger partial charge in [-0.1, -0.05) is 62.9 Å². The molecule has 0 radical (unpaired) electrons. The van der Waals surface area contributed by atoms with Crippen molar-refractivity contribution in [3.63, 3.8) is 0 Å². The second-order valence-electron chi connectivity index (χ2n) is 5.30. The van der Waals surface area contributed by atoms with Gasteiger partial charge in [-0.3, -0.25) is 4.63 Å². The standard InChI is InChI=1S/C13H16N2O2S/c1-13(2,3)9-18-12-11(15(16)17-14-12)10-7-5-4-6-8-10/h4-8H,9H2,1-3H3. The van der Waals surface area contributed by atoms with Crippen LogP contribution in [-0.4, -0.2) is 10.9 Å². The van der Waals surface area contributed by atoms with Crippen LogP contribution in [0.4, 0.5) is 0 Å². The molecule has 0 N–H and O–H groups in total. The van der Waals surface area contributed by atoms with Gasteiger partial charge in [0.15, 0.2) is 0 Å². The first kappa shape index (κ1) is 13.0. The van der Waals surface area contributed by atoms with Crippen molar-refractivity contribution in [3.8, 4) is 11.3 Å². The van der Waals surface area contributed by atoms with Crippen LogP contribution >= 0.6 is 11.8 Å². The van der Waals surface area contributed by atoms with Crippen LogP contribution in [-0.2, 0) is 0 Å². The summed E-state index contributed by atoms with van der Waals surface area (Å²) in [5.41, 5.74) is 1.49. The lowest BCUT2D eigenvalue weighted by molar-refractivity contribution is -0.793. The molecule has 0 spiro atoms. The zero-order valence-corrected chi connectivity index (χ0v) is 11.5. The average Bonchev–Trinajstić information content (AvgIpc) is 2.68. The van der Waals surface area contributed by atoms with E-state index in [2.05, 4.69) is 25.9 Å². The molecule has 0 bridgehead atoms.